The minimum absolute atomic E-state index is 0.0635. The van der Waals surface area contributed by atoms with Crippen LogP contribution in [0.5, 0.6) is 0 Å². The standard InChI is InChI=1S/C10H19N3/c11-8-4-7-10(9(12)13)5-2-1-3-6-10/h9H,1-7,12-13H2. The predicted molar refractivity (Wildman–Crippen MR) is 52.5 cm³/mol. The van der Waals surface area contributed by atoms with E-state index in [-0.39, 0.29) is 11.6 Å². The van der Waals surface area contributed by atoms with Gasteiger partial charge in [0.05, 0.1) is 12.2 Å². The number of rotatable bonds is 3. The second-order valence-electron chi connectivity index (χ2n) is 4.11. The molecule has 0 aromatic heterocycles. The normalized spacial score (nSPS) is 21.4. The molecule has 0 amide bonds. The van der Waals surface area contributed by atoms with Gasteiger partial charge in [0.2, 0.25) is 0 Å². The summed E-state index contributed by atoms with van der Waals surface area (Å²) in [4.78, 5) is 0. The van der Waals surface area contributed by atoms with Gasteiger partial charge in [0.25, 0.3) is 0 Å². The molecule has 0 saturated heterocycles. The lowest BCUT2D eigenvalue weighted by Crippen LogP contribution is -2.49. The van der Waals surface area contributed by atoms with Crippen molar-refractivity contribution in [2.75, 3.05) is 0 Å². The van der Waals surface area contributed by atoms with E-state index in [9.17, 15) is 0 Å². The van der Waals surface area contributed by atoms with Crippen molar-refractivity contribution in [3.8, 4) is 6.07 Å². The number of hydrogen-bond acceptors (Lipinski definition) is 3. The van der Waals surface area contributed by atoms with E-state index in [0.717, 1.165) is 19.3 Å². The molecule has 1 aliphatic rings. The van der Waals surface area contributed by atoms with Crippen molar-refractivity contribution in [3.63, 3.8) is 0 Å². The fraction of sp³-hybridized carbons (Fsp3) is 0.900. The molecule has 4 N–H and O–H groups in total. The summed E-state index contributed by atoms with van der Waals surface area (Å²) in [6.45, 7) is 0. The van der Waals surface area contributed by atoms with Crippen LogP contribution in [-0.2, 0) is 0 Å². The van der Waals surface area contributed by atoms with Crippen molar-refractivity contribution in [1.82, 2.24) is 0 Å². The highest BCUT2D eigenvalue weighted by molar-refractivity contribution is 4.91. The zero-order valence-corrected chi connectivity index (χ0v) is 8.13. The van der Waals surface area contributed by atoms with E-state index in [1.54, 1.807) is 0 Å². The van der Waals surface area contributed by atoms with Crippen molar-refractivity contribution in [3.05, 3.63) is 0 Å². The third-order valence-corrected chi connectivity index (χ3v) is 3.29. The fourth-order valence-electron chi connectivity index (χ4n) is 2.31. The molecule has 0 aromatic carbocycles. The summed E-state index contributed by atoms with van der Waals surface area (Å²) in [6.07, 6.45) is 7.15. The highest BCUT2D eigenvalue weighted by Crippen LogP contribution is 2.40. The molecule has 0 aromatic rings. The van der Waals surface area contributed by atoms with E-state index >= 15 is 0 Å². The summed E-state index contributed by atoms with van der Waals surface area (Å²) in [6, 6.07) is 2.18. The van der Waals surface area contributed by atoms with Gasteiger partial charge in [-0.05, 0) is 24.7 Å². The van der Waals surface area contributed by atoms with E-state index < -0.39 is 0 Å². The quantitative estimate of drug-likeness (QED) is 0.647. The Morgan fingerprint density at radius 2 is 1.85 bits per heavy atom. The lowest BCUT2D eigenvalue weighted by atomic mass is 9.69. The smallest absolute Gasteiger partial charge is 0.0621 e. The molecular formula is C10H19N3. The summed E-state index contributed by atoms with van der Waals surface area (Å²) >= 11 is 0. The Morgan fingerprint density at radius 3 is 2.31 bits per heavy atom. The highest BCUT2D eigenvalue weighted by Gasteiger charge is 2.35. The van der Waals surface area contributed by atoms with Crippen LogP contribution in [0.25, 0.3) is 0 Å². The maximum Gasteiger partial charge on any atom is 0.0621 e. The van der Waals surface area contributed by atoms with E-state index in [0.29, 0.717) is 6.42 Å². The second kappa shape index (κ2) is 4.59. The van der Waals surface area contributed by atoms with Gasteiger partial charge in [-0.1, -0.05) is 19.3 Å². The van der Waals surface area contributed by atoms with Gasteiger partial charge in [0, 0.05) is 6.42 Å². The molecule has 0 aliphatic heterocycles. The van der Waals surface area contributed by atoms with Crippen LogP contribution in [-0.4, -0.2) is 6.17 Å². The van der Waals surface area contributed by atoms with Crippen LogP contribution in [0.1, 0.15) is 44.9 Å². The first-order valence-corrected chi connectivity index (χ1v) is 5.09. The van der Waals surface area contributed by atoms with Crippen molar-refractivity contribution in [2.45, 2.75) is 51.1 Å². The number of nitriles is 1. The first kappa shape index (κ1) is 10.5. The molecule has 3 nitrogen and oxygen atoms in total. The second-order valence-corrected chi connectivity index (χ2v) is 4.11. The molecule has 1 aliphatic carbocycles. The maximum atomic E-state index is 8.56. The molecule has 74 valence electrons. The Kier molecular flexibility index (Phi) is 3.71. The summed E-state index contributed by atoms with van der Waals surface area (Å²) in [5.41, 5.74) is 11.7. The van der Waals surface area contributed by atoms with Gasteiger partial charge in [-0.2, -0.15) is 5.26 Å². The van der Waals surface area contributed by atoms with Gasteiger partial charge in [-0.15, -0.1) is 0 Å². The van der Waals surface area contributed by atoms with Gasteiger partial charge in [-0.3, -0.25) is 0 Å². The largest absolute Gasteiger partial charge is 0.316 e. The maximum absolute atomic E-state index is 8.56. The summed E-state index contributed by atoms with van der Waals surface area (Å²) in [5, 5.41) is 8.56. The highest BCUT2D eigenvalue weighted by atomic mass is 14.9. The van der Waals surface area contributed by atoms with Crippen LogP contribution >= 0.6 is 0 Å². The lowest BCUT2D eigenvalue weighted by Gasteiger charge is -2.40. The third kappa shape index (κ3) is 2.43. The summed E-state index contributed by atoms with van der Waals surface area (Å²) < 4.78 is 0. The molecule has 0 heterocycles. The first-order valence-electron chi connectivity index (χ1n) is 5.09. The monoisotopic (exact) mass is 181 g/mol. The molecule has 3 heteroatoms. The molecule has 0 atom stereocenters. The fourth-order valence-corrected chi connectivity index (χ4v) is 2.31. The Balaban J connectivity index is 2.57. The van der Waals surface area contributed by atoms with Crippen molar-refractivity contribution in [1.29, 1.82) is 5.26 Å². The van der Waals surface area contributed by atoms with Crippen LogP contribution < -0.4 is 11.5 Å². The van der Waals surface area contributed by atoms with E-state index in [1.165, 1.54) is 19.3 Å². The summed E-state index contributed by atoms with van der Waals surface area (Å²) in [7, 11) is 0. The first-order chi connectivity index (χ1) is 6.21. The molecule has 0 spiro atoms. The van der Waals surface area contributed by atoms with Crippen molar-refractivity contribution < 1.29 is 0 Å². The van der Waals surface area contributed by atoms with Gasteiger partial charge in [0.1, 0.15) is 0 Å². The van der Waals surface area contributed by atoms with Gasteiger partial charge in [0.15, 0.2) is 0 Å². The molecule has 0 radical (unpaired) electrons. The Labute approximate surface area is 80.1 Å². The molecule has 1 fully saturated rings. The minimum atomic E-state index is -0.249. The Hall–Kier alpha value is -0.590. The average molecular weight is 181 g/mol. The van der Waals surface area contributed by atoms with Crippen molar-refractivity contribution >= 4 is 0 Å². The van der Waals surface area contributed by atoms with E-state index in [1.807, 2.05) is 0 Å². The zero-order chi connectivity index (χ0) is 9.73. The Morgan fingerprint density at radius 1 is 1.23 bits per heavy atom. The van der Waals surface area contributed by atoms with Crippen LogP contribution in [0.3, 0.4) is 0 Å². The van der Waals surface area contributed by atoms with Crippen LogP contribution in [0, 0.1) is 16.7 Å². The third-order valence-electron chi connectivity index (χ3n) is 3.29. The van der Waals surface area contributed by atoms with Gasteiger partial charge in [-0.25, -0.2) is 0 Å². The summed E-state index contributed by atoms with van der Waals surface area (Å²) in [5.74, 6) is 0. The SMILES string of the molecule is N#CCCC1(C(N)N)CCCCC1. The van der Waals surface area contributed by atoms with Crippen LogP contribution in [0.2, 0.25) is 0 Å². The average Bonchev–Trinajstić information content (AvgIpc) is 2.16. The van der Waals surface area contributed by atoms with Crippen molar-refractivity contribution in [2.24, 2.45) is 16.9 Å². The molecule has 1 rings (SSSR count). The zero-order valence-electron chi connectivity index (χ0n) is 8.13. The van der Waals surface area contributed by atoms with E-state index in [2.05, 4.69) is 6.07 Å². The van der Waals surface area contributed by atoms with Gasteiger partial charge < -0.3 is 11.5 Å². The Bertz CT molecular complexity index is 187. The number of nitrogens with two attached hydrogens (primary N) is 2. The molecule has 13 heavy (non-hydrogen) atoms. The topological polar surface area (TPSA) is 75.8 Å². The van der Waals surface area contributed by atoms with E-state index in [4.69, 9.17) is 16.7 Å². The lowest BCUT2D eigenvalue weighted by molar-refractivity contribution is 0.135. The van der Waals surface area contributed by atoms with Gasteiger partial charge >= 0.3 is 0 Å². The predicted octanol–water partition coefficient (Wildman–Crippen LogP) is 1.48. The van der Waals surface area contributed by atoms with Crippen LogP contribution in [0.4, 0.5) is 0 Å². The molecule has 0 bridgehead atoms. The molecule has 0 unspecified atom stereocenters. The van der Waals surface area contributed by atoms with Crippen LogP contribution in [0.15, 0.2) is 0 Å². The molecule has 1 saturated carbocycles. The number of hydrogen-bond donors (Lipinski definition) is 2. The number of nitrogens with zero attached hydrogens (tertiary/aromatic N) is 1. The minimum Gasteiger partial charge on any atom is -0.316 e. The molecular weight excluding hydrogens is 162 g/mol.